The third-order valence-electron chi connectivity index (χ3n) is 5.83. The van der Waals surface area contributed by atoms with E-state index in [0.717, 1.165) is 49.8 Å². The number of benzene rings is 1. The van der Waals surface area contributed by atoms with Crippen LogP contribution in [0.4, 0.5) is 10.2 Å². The monoisotopic (exact) mass is 557 g/mol. The van der Waals surface area contributed by atoms with Gasteiger partial charge in [0.25, 0.3) is 0 Å². The van der Waals surface area contributed by atoms with Gasteiger partial charge in [-0.05, 0) is 57.4 Å². The number of nitrogens with one attached hydrogen (secondary N) is 2. The predicted octanol–water partition coefficient (Wildman–Crippen LogP) is 4.88. The van der Waals surface area contributed by atoms with Crippen LogP contribution < -0.4 is 15.5 Å². The second-order valence-electron chi connectivity index (χ2n) is 8.09. The molecule has 5 nitrogen and oxygen atoms in total. The minimum atomic E-state index is -0.226. The van der Waals surface area contributed by atoms with Crippen LogP contribution in [0.1, 0.15) is 43.4 Å². The highest BCUT2D eigenvalue weighted by Crippen LogP contribution is 2.44. The number of anilines is 1. The molecule has 1 aromatic carbocycles. The molecule has 2 atom stereocenters. The second kappa shape index (κ2) is 10.8. The molecule has 0 bridgehead atoms. The fourth-order valence-electron chi connectivity index (χ4n) is 4.16. The maximum atomic E-state index is 14.2. The molecule has 1 saturated carbocycles. The third kappa shape index (κ3) is 6.00. The van der Waals surface area contributed by atoms with Gasteiger partial charge in [-0.15, -0.1) is 24.0 Å². The summed E-state index contributed by atoms with van der Waals surface area (Å²) >= 11 is 6.23. The molecule has 2 N–H and O–H groups in total. The lowest BCUT2D eigenvalue weighted by atomic mass is 10.1. The Kier molecular flexibility index (Phi) is 8.38. The Morgan fingerprint density at radius 3 is 2.61 bits per heavy atom. The van der Waals surface area contributed by atoms with Gasteiger partial charge in [0.15, 0.2) is 5.96 Å². The van der Waals surface area contributed by atoms with Crippen molar-refractivity contribution in [3.63, 3.8) is 0 Å². The summed E-state index contributed by atoms with van der Waals surface area (Å²) in [7, 11) is 0. The number of pyridine rings is 1. The van der Waals surface area contributed by atoms with Crippen molar-refractivity contribution in [2.45, 2.75) is 51.1 Å². The van der Waals surface area contributed by atoms with Crippen molar-refractivity contribution in [3.05, 3.63) is 58.5 Å². The normalized spacial score (nSPS) is 21.4. The number of hydrogen-bond acceptors (Lipinski definition) is 3. The second-order valence-corrected chi connectivity index (χ2v) is 8.50. The molecule has 1 aliphatic heterocycles. The summed E-state index contributed by atoms with van der Waals surface area (Å²) in [6.07, 6.45) is 2.91. The number of aliphatic imine (C=N–C) groups is 1. The van der Waals surface area contributed by atoms with E-state index >= 15 is 0 Å². The number of aromatic nitrogens is 1. The first kappa shape index (κ1) is 24.0. The molecule has 1 aromatic heterocycles. The first-order valence-corrected chi connectivity index (χ1v) is 11.1. The van der Waals surface area contributed by atoms with Crippen molar-refractivity contribution in [3.8, 4) is 0 Å². The predicted molar refractivity (Wildman–Crippen MR) is 136 cm³/mol. The van der Waals surface area contributed by atoms with E-state index < -0.39 is 0 Å². The highest BCUT2D eigenvalue weighted by atomic mass is 127. The van der Waals surface area contributed by atoms with E-state index in [9.17, 15) is 4.39 Å². The van der Waals surface area contributed by atoms with E-state index in [1.54, 1.807) is 12.1 Å². The zero-order valence-corrected chi connectivity index (χ0v) is 21.0. The Morgan fingerprint density at radius 1 is 1.19 bits per heavy atom. The van der Waals surface area contributed by atoms with Crippen LogP contribution in [-0.2, 0) is 0 Å². The largest absolute Gasteiger partial charge is 0.356 e. The smallest absolute Gasteiger partial charge is 0.191 e. The summed E-state index contributed by atoms with van der Waals surface area (Å²) in [6.45, 7) is 6.66. The first-order chi connectivity index (χ1) is 14.5. The van der Waals surface area contributed by atoms with Crippen LogP contribution in [0.3, 0.4) is 0 Å². The summed E-state index contributed by atoms with van der Waals surface area (Å²) in [6, 6.07) is 11.6. The number of rotatable bonds is 5. The van der Waals surface area contributed by atoms with Gasteiger partial charge in [-0.3, -0.25) is 4.99 Å². The third-order valence-corrected chi connectivity index (χ3v) is 6.16. The first-order valence-electron chi connectivity index (χ1n) is 10.7. The Hall–Kier alpha value is -1.61. The standard InChI is InChI=1S/C23H29ClFN5.HI/c1-3-26-23(29-20-14-17(20)22-18(24)7-5-8-19(22)25)28-16-10-12-30(13-11-16)21-9-4-6-15(2)27-21;/h4-9,16-17,20H,3,10-14H2,1-2H3,(H2,26,28,29);1H. The Labute approximate surface area is 205 Å². The lowest BCUT2D eigenvalue weighted by molar-refractivity contribution is 0.459. The number of hydrogen-bond donors (Lipinski definition) is 2. The van der Waals surface area contributed by atoms with Gasteiger partial charge >= 0.3 is 0 Å². The summed E-state index contributed by atoms with van der Waals surface area (Å²) in [5, 5.41) is 7.56. The lowest BCUT2D eigenvalue weighted by Gasteiger charge is -2.34. The SMILES string of the molecule is CCN=C(NC1CCN(c2cccc(C)n2)CC1)NC1CC1c1c(F)cccc1Cl.I. The molecular formula is C23H30ClFIN5. The number of aryl methyl sites for hydroxylation is 1. The van der Waals surface area contributed by atoms with Gasteiger partial charge < -0.3 is 15.5 Å². The molecule has 2 unspecified atom stereocenters. The Balaban J connectivity index is 0.00000272. The average molecular weight is 558 g/mol. The molecule has 4 rings (SSSR count). The summed E-state index contributed by atoms with van der Waals surface area (Å²) in [4.78, 5) is 11.6. The maximum absolute atomic E-state index is 14.2. The minimum absolute atomic E-state index is 0. The molecule has 8 heteroatoms. The Morgan fingerprint density at radius 2 is 1.94 bits per heavy atom. The average Bonchev–Trinajstić information content (AvgIpc) is 3.47. The van der Waals surface area contributed by atoms with Crippen molar-refractivity contribution >= 4 is 47.4 Å². The lowest BCUT2D eigenvalue weighted by Crippen LogP contribution is -2.49. The van der Waals surface area contributed by atoms with Crippen LogP contribution in [0.25, 0.3) is 0 Å². The molecule has 0 amide bonds. The van der Waals surface area contributed by atoms with Crippen LogP contribution in [0, 0.1) is 12.7 Å². The summed E-state index contributed by atoms with van der Waals surface area (Å²) in [5.41, 5.74) is 1.66. The van der Waals surface area contributed by atoms with Gasteiger partial charge in [0.1, 0.15) is 11.6 Å². The minimum Gasteiger partial charge on any atom is -0.356 e. The van der Waals surface area contributed by atoms with Crippen molar-refractivity contribution in [1.82, 2.24) is 15.6 Å². The van der Waals surface area contributed by atoms with Crippen LogP contribution >= 0.6 is 35.6 Å². The molecule has 168 valence electrons. The van der Waals surface area contributed by atoms with Gasteiger partial charge in [0.05, 0.1) is 0 Å². The van der Waals surface area contributed by atoms with E-state index in [1.165, 1.54) is 6.07 Å². The fourth-order valence-corrected chi connectivity index (χ4v) is 4.46. The number of nitrogens with zero attached hydrogens (tertiary/aromatic N) is 3. The number of halogens is 3. The molecule has 2 aliphatic rings. The zero-order valence-electron chi connectivity index (χ0n) is 17.9. The number of guanidine groups is 1. The van der Waals surface area contributed by atoms with Crippen molar-refractivity contribution in [1.29, 1.82) is 0 Å². The van der Waals surface area contributed by atoms with E-state index in [4.69, 9.17) is 11.6 Å². The van der Waals surface area contributed by atoms with Gasteiger partial charge in [0.2, 0.25) is 0 Å². The molecule has 1 saturated heterocycles. The summed E-state index contributed by atoms with van der Waals surface area (Å²) < 4.78 is 14.2. The highest BCUT2D eigenvalue weighted by molar-refractivity contribution is 14.0. The van der Waals surface area contributed by atoms with Crippen LogP contribution in [0.5, 0.6) is 0 Å². The number of piperidine rings is 1. The molecule has 0 radical (unpaired) electrons. The van der Waals surface area contributed by atoms with Crippen LogP contribution in [0.2, 0.25) is 5.02 Å². The summed E-state index contributed by atoms with van der Waals surface area (Å²) in [5.74, 6) is 1.73. The van der Waals surface area contributed by atoms with Gasteiger partial charge in [-0.25, -0.2) is 9.37 Å². The topological polar surface area (TPSA) is 52.6 Å². The van der Waals surface area contributed by atoms with Crippen molar-refractivity contribution in [2.75, 3.05) is 24.5 Å². The molecule has 0 spiro atoms. The van der Waals surface area contributed by atoms with Crippen molar-refractivity contribution < 1.29 is 4.39 Å². The Bertz CT molecular complexity index is 896. The highest BCUT2D eigenvalue weighted by Gasteiger charge is 2.42. The van der Waals surface area contributed by atoms with E-state index in [2.05, 4.69) is 37.6 Å². The van der Waals surface area contributed by atoms with Crippen LogP contribution in [0.15, 0.2) is 41.4 Å². The van der Waals surface area contributed by atoms with E-state index in [1.807, 2.05) is 19.9 Å². The van der Waals surface area contributed by atoms with Gasteiger partial charge in [-0.2, -0.15) is 0 Å². The molecular weight excluding hydrogens is 528 g/mol. The van der Waals surface area contributed by atoms with E-state index in [-0.39, 0.29) is 41.8 Å². The molecule has 31 heavy (non-hydrogen) atoms. The quantitative estimate of drug-likeness (QED) is 0.313. The molecule has 1 aliphatic carbocycles. The molecule has 2 fully saturated rings. The molecule has 2 heterocycles. The molecule has 2 aromatic rings. The van der Waals surface area contributed by atoms with Gasteiger partial charge in [-0.1, -0.05) is 23.7 Å². The van der Waals surface area contributed by atoms with Crippen molar-refractivity contribution in [2.24, 2.45) is 4.99 Å². The van der Waals surface area contributed by atoms with E-state index in [0.29, 0.717) is 23.2 Å². The fraction of sp³-hybridized carbons (Fsp3) is 0.478. The zero-order chi connectivity index (χ0) is 21.1. The van der Waals surface area contributed by atoms with Crippen LogP contribution in [-0.4, -0.2) is 42.7 Å². The van der Waals surface area contributed by atoms with Gasteiger partial charge in [0, 0.05) is 53.9 Å². The maximum Gasteiger partial charge on any atom is 0.191 e.